The Morgan fingerprint density at radius 1 is 1.37 bits per heavy atom. The SMILES string of the molecule is C[C@@H]1C[C@@]2(CBr)CN(Cc3ccccc3)CC[C@H]2O1. The molecule has 0 bridgehead atoms. The minimum atomic E-state index is 0.326. The maximum atomic E-state index is 6.10. The third kappa shape index (κ3) is 2.74. The van der Waals surface area contributed by atoms with E-state index in [0.717, 1.165) is 25.0 Å². The van der Waals surface area contributed by atoms with Crippen LogP contribution in [0.5, 0.6) is 0 Å². The molecule has 2 fully saturated rings. The van der Waals surface area contributed by atoms with Gasteiger partial charge < -0.3 is 4.74 Å². The molecule has 3 heteroatoms. The minimum absolute atomic E-state index is 0.326. The van der Waals surface area contributed by atoms with Crippen LogP contribution >= 0.6 is 15.9 Å². The lowest BCUT2D eigenvalue weighted by molar-refractivity contribution is -0.0251. The molecule has 104 valence electrons. The van der Waals surface area contributed by atoms with Crippen molar-refractivity contribution < 1.29 is 4.74 Å². The second kappa shape index (κ2) is 5.55. The van der Waals surface area contributed by atoms with Crippen molar-refractivity contribution in [2.24, 2.45) is 5.41 Å². The minimum Gasteiger partial charge on any atom is -0.375 e. The number of alkyl halides is 1. The van der Waals surface area contributed by atoms with Crippen molar-refractivity contribution in [2.45, 2.75) is 38.5 Å². The molecule has 2 aliphatic heterocycles. The number of nitrogens with zero attached hydrogens (tertiary/aromatic N) is 1. The van der Waals surface area contributed by atoms with Gasteiger partial charge in [0, 0.05) is 30.4 Å². The van der Waals surface area contributed by atoms with Crippen molar-refractivity contribution in [3.05, 3.63) is 35.9 Å². The molecule has 19 heavy (non-hydrogen) atoms. The summed E-state index contributed by atoms with van der Waals surface area (Å²) in [6.45, 7) is 5.59. The highest BCUT2D eigenvalue weighted by atomic mass is 79.9. The van der Waals surface area contributed by atoms with Crippen LogP contribution in [0.25, 0.3) is 0 Å². The molecule has 0 N–H and O–H groups in total. The number of benzene rings is 1. The van der Waals surface area contributed by atoms with E-state index in [2.05, 4.69) is 58.1 Å². The van der Waals surface area contributed by atoms with E-state index in [4.69, 9.17) is 4.74 Å². The summed E-state index contributed by atoms with van der Waals surface area (Å²) in [4.78, 5) is 2.59. The fourth-order valence-electron chi connectivity index (χ4n) is 3.70. The first-order valence-corrected chi connectivity index (χ1v) is 8.32. The second-order valence-electron chi connectivity index (χ2n) is 6.12. The molecule has 0 saturated carbocycles. The first-order valence-electron chi connectivity index (χ1n) is 7.19. The molecule has 0 radical (unpaired) electrons. The summed E-state index contributed by atoms with van der Waals surface area (Å²) in [5.41, 5.74) is 1.74. The fraction of sp³-hybridized carbons (Fsp3) is 0.625. The Hall–Kier alpha value is -0.380. The summed E-state index contributed by atoms with van der Waals surface area (Å²) in [5, 5.41) is 1.06. The molecule has 2 aliphatic rings. The molecular formula is C16H22BrNO. The molecule has 2 nitrogen and oxygen atoms in total. The molecule has 1 aromatic rings. The normalized spacial score (nSPS) is 35.3. The summed E-state index contributed by atoms with van der Waals surface area (Å²) in [7, 11) is 0. The van der Waals surface area contributed by atoms with Gasteiger partial charge in [-0.25, -0.2) is 0 Å². The highest BCUT2D eigenvalue weighted by Gasteiger charge is 2.49. The molecule has 1 aromatic carbocycles. The Labute approximate surface area is 124 Å². The van der Waals surface area contributed by atoms with E-state index in [1.807, 2.05) is 0 Å². The Balaban J connectivity index is 1.70. The number of ether oxygens (including phenoxy) is 1. The molecule has 2 saturated heterocycles. The van der Waals surface area contributed by atoms with Gasteiger partial charge in [0.05, 0.1) is 12.2 Å². The second-order valence-corrected chi connectivity index (χ2v) is 6.68. The highest BCUT2D eigenvalue weighted by Crippen LogP contribution is 2.45. The van der Waals surface area contributed by atoms with Crippen LogP contribution in [0.1, 0.15) is 25.3 Å². The van der Waals surface area contributed by atoms with Crippen molar-refractivity contribution in [2.75, 3.05) is 18.4 Å². The van der Waals surface area contributed by atoms with Gasteiger partial charge in [-0.05, 0) is 25.3 Å². The van der Waals surface area contributed by atoms with Crippen LogP contribution in [-0.4, -0.2) is 35.5 Å². The van der Waals surface area contributed by atoms with Gasteiger partial charge in [-0.3, -0.25) is 4.90 Å². The van der Waals surface area contributed by atoms with Gasteiger partial charge in [0.1, 0.15) is 0 Å². The summed E-state index contributed by atoms with van der Waals surface area (Å²) >= 11 is 3.74. The number of fused-ring (bicyclic) bond motifs is 1. The van der Waals surface area contributed by atoms with Crippen LogP contribution in [0.3, 0.4) is 0 Å². The van der Waals surface area contributed by atoms with Gasteiger partial charge in [0.2, 0.25) is 0 Å². The van der Waals surface area contributed by atoms with Crippen LogP contribution in [0.4, 0.5) is 0 Å². The smallest absolute Gasteiger partial charge is 0.0668 e. The standard InChI is InChI=1S/C16H22BrNO/c1-13-9-16(11-17)12-18(8-7-15(16)19-13)10-14-5-3-2-4-6-14/h2-6,13,15H,7-12H2,1H3/t13-,15-,16-/m1/s1. The average molecular weight is 324 g/mol. The van der Waals surface area contributed by atoms with Crippen LogP contribution in [0.15, 0.2) is 30.3 Å². The lowest BCUT2D eigenvalue weighted by Gasteiger charge is -2.42. The fourth-order valence-corrected chi connectivity index (χ4v) is 4.47. The Bertz CT molecular complexity index is 424. The van der Waals surface area contributed by atoms with Crippen LogP contribution < -0.4 is 0 Å². The third-order valence-corrected chi connectivity index (χ3v) is 5.65. The summed E-state index contributed by atoms with van der Waals surface area (Å²) in [5.74, 6) is 0. The number of halogens is 1. The predicted octanol–water partition coefficient (Wildman–Crippen LogP) is 3.45. The first-order chi connectivity index (χ1) is 9.22. The van der Waals surface area contributed by atoms with E-state index in [9.17, 15) is 0 Å². The van der Waals surface area contributed by atoms with E-state index >= 15 is 0 Å². The zero-order chi connectivity index (χ0) is 13.3. The molecule has 0 spiro atoms. The maximum Gasteiger partial charge on any atom is 0.0668 e. The topological polar surface area (TPSA) is 12.5 Å². The quantitative estimate of drug-likeness (QED) is 0.790. The number of hydrogen-bond donors (Lipinski definition) is 0. The van der Waals surface area contributed by atoms with Gasteiger partial charge in [0.25, 0.3) is 0 Å². The van der Waals surface area contributed by atoms with E-state index in [1.54, 1.807) is 0 Å². The van der Waals surface area contributed by atoms with E-state index in [-0.39, 0.29) is 0 Å². The highest BCUT2D eigenvalue weighted by molar-refractivity contribution is 9.09. The van der Waals surface area contributed by atoms with E-state index in [0.29, 0.717) is 17.6 Å². The monoisotopic (exact) mass is 323 g/mol. The van der Waals surface area contributed by atoms with Crippen molar-refractivity contribution in [3.8, 4) is 0 Å². The van der Waals surface area contributed by atoms with E-state index < -0.39 is 0 Å². The molecule has 0 unspecified atom stereocenters. The van der Waals surface area contributed by atoms with Crippen molar-refractivity contribution in [3.63, 3.8) is 0 Å². The van der Waals surface area contributed by atoms with Gasteiger partial charge >= 0.3 is 0 Å². The number of likely N-dealkylation sites (tertiary alicyclic amines) is 1. The Morgan fingerprint density at radius 3 is 2.89 bits per heavy atom. The van der Waals surface area contributed by atoms with Gasteiger partial charge in [-0.1, -0.05) is 46.3 Å². The third-order valence-electron chi connectivity index (χ3n) is 4.53. The maximum absolute atomic E-state index is 6.10. The lowest BCUT2D eigenvalue weighted by Crippen LogP contribution is -2.50. The van der Waals surface area contributed by atoms with Gasteiger partial charge in [-0.2, -0.15) is 0 Å². The molecular weight excluding hydrogens is 302 g/mol. The Kier molecular flexibility index (Phi) is 3.97. The van der Waals surface area contributed by atoms with Crippen LogP contribution in [0.2, 0.25) is 0 Å². The van der Waals surface area contributed by atoms with Crippen molar-refractivity contribution in [1.29, 1.82) is 0 Å². The molecule has 0 aromatic heterocycles. The number of piperidine rings is 1. The molecule has 2 heterocycles. The van der Waals surface area contributed by atoms with Crippen LogP contribution in [-0.2, 0) is 11.3 Å². The summed E-state index contributed by atoms with van der Waals surface area (Å²) in [6.07, 6.45) is 3.23. The number of rotatable bonds is 3. The molecule has 3 rings (SSSR count). The van der Waals surface area contributed by atoms with Crippen molar-refractivity contribution >= 4 is 15.9 Å². The number of hydrogen-bond acceptors (Lipinski definition) is 2. The Morgan fingerprint density at radius 2 is 2.16 bits per heavy atom. The largest absolute Gasteiger partial charge is 0.375 e. The lowest BCUT2D eigenvalue weighted by atomic mass is 9.77. The zero-order valence-electron chi connectivity index (χ0n) is 11.5. The van der Waals surface area contributed by atoms with Gasteiger partial charge in [-0.15, -0.1) is 0 Å². The summed E-state index contributed by atoms with van der Waals surface area (Å²) < 4.78 is 6.10. The summed E-state index contributed by atoms with van der Waals surface area (Å²) in [6, 6.07) is 10.8. The first kappa shape index (κ1) is 13.6. The molecule has 0 amide bonds. The van der Waals surface area contributed by atoms with Crippen LogP contribution in [0, 0.1) is 5.41 Å². The predicted molar refractivity (Wildman–Crippen MR) is 81.5 cm³/mol. The van der Waals surface area contributed by atoms with E-state index in [1.165, 1.54) is 18.4 Å². The zero-order valence-corrected chi connectivity index (χ0v) is 13.1. The van der Waals surface area contributed by atoms with Crippen molar-refractivity contribution in [1.82, 2.24) is 4.90 Å². The molecule has 3 atom stereocenters. The molecule has 0 aliphatic carbocycles. The average Bonchev–Trinajstić information content (AvgIpc) is 2.76. The van der Waals surface area contributed by atoms with Gasteiger partial charge in [0.15, 0.2) is 0 Å².